The molecule has 1 saturated carbocycles. The summed E-state index contributed by atoms with van der Waals surface area (Å²) in [5.41, 5.74) is -1.02. The molecule has 0 aliphatic heterocycles. The van der Waals surface area contributed by atoms with Crippen LogP contribution in [0.15, 0.2) is 16.5 Å². The fourth-order valence-corrected chi connectivity index (χ4v) is 1.57. The van der Waals surface area contributed by atoms with Crippen molar-refractivity contribution in [2.45, 2.75) is 31.7 Å². The van der Waals surface area contributed by atoms with Crippen LogP contribution >= 0.6 is 0 Å². The first-order valence-corrected chi connectivity index (χ1v) is 5.12. The van der Waals surface area contributed by atoms with Crippen LogP contribution in [0.25, 0.3) is 0 Å². The number of furan rings is 1. The standard InChI is InChI=1S/C11H13NO4/c1-7-2-3-8(16-7)6-9(13)12-11(4-5-11)10(14)15/h2-3H,4-6H2,1H3,(H,12,13)(H,14,15). The molecule has 2 N–H and O–H groups in total. The van der Waals surface area contributed by atoms with E-state index in [-0.39, 0.29) is 12.3 Å². The summed E-state index contributed by atoms with van der Waals surface area (Å²) in [7, 11) is 0. The zero-order chi connectivity index (χ0) is 11.8. The number of carboxylic acids is 1. The van der Waals surface area contributed by atoms with Gasteiger partial charge in [0.15, 0.2) is 0 Å². The minimum Gasteiger partial charge on any atom is -0.480 e. The van der Waals surface area contributed by atoms with E-state index in [0.717, 1.165) is 5.76 Å². The summed E-state index contributed by atoms with van der Waals surface area (Å²) in [4.78, 5) is 22.4. The minimum absolute atomic E-state index is 0.0862. The Kier molecular flexibility index (Phi) is 2.46. The number of hydrogen-bond donors (Lipinski definition) is 2. The van der Waals surface area contributed by atoms with E-state index in [1.807, 2.05) is 0 Å². The molecule has 0 saturated heterocycles. The van der Waals surface area contributed by atoms with Crippen molar-refractivity contribution in [1.29, 1.82) is 0 Å². The maximum absolute atomic E-state index is 11.5. The quantitative estimate of drug-likeness (QED) is 0.793. The second-order valence-corrected chi connectivity index (χ2v) is 4.12. The molecule has 1 aromatic heterocycles. The lowest BCUT2D eigenvalue weighted by Gasteiger charge is -2.11. The van der Waals surface area contributed by atoms with Gasteiger partial charge >= 0.3 is 5.97 Å². The number of aryl methyl sites for hydroxylation is 1. The van der Waals surface area contributed by atoms with Crippen molar-refractivity contribution in [3.63, 3.8) is 0 Å². The van der Waals surface area contributed by atoms with Crippen LogP contribution in [0.2, 0.25) is 0 Å². The largest absolute Gasteiger partial charge is 0.480 e. The lowest BCUT2D eigenvalue weighted by molar-refractivity contribution is -0.143. The van der Waals surface area contributed by atoms with Crippen LogP contribution in [0.1, 0.15) is 24.4 Å². The van der Waals surface area contributed by atoms with Crippen LogP contribution in [0.4, 0.5) is 0 Å². The highest BCUT2D eigenvalue weighted by Gasteiger charge is 2.51. The third kappa shape index (κ3) is 2.08. The molecule has 1 aromatic rings. The van der Waals surface area contributed by atoms with Gasteiger partial charge in [-0.25, -0.2) is 4.79 Å². The Morgan fingerprint density at radius 3 is 2.62 bits per heavy atom. The predicted octanol–water partition coefficient (Wildman–Crippen LogP) is 0.864. The van der Waals surface area contributed by atoms with E-state index in [2.05, 4.69) is 5.32 Å². The van der Waals surface area contributed by atoms with E-state index in [1.54, 1.807) is 19.1 Å². The third-order valence-corrected chi connectivity index (χ3v) is 2.67. The molecule has 1 fully saturated rings. The number of rotatable bonds is 4. The molecule has 1 amide bonds. The Labute approximate surface area is 92.4 Å². The normalized spacial score (nSPS) is 16.8. The Hall–Kier alpha value is -1.78. The molecule has 1 aliphatic carbocycles. The fourth-order valence-electron chi connectivity index (χ4n) is 1.57. The molecule has 0 unspecified atom stereocenters. The monoisotopic (exact) mass is 223 g/mol. The zero-order valence-electron chi connectivity index (χ0n) is 8.95. The van der Waals surface area contributed by atoms with Crippen molar-refractivity contribution in [2.75, 3.05) is 0 Å². The highest BCUT2D eigenvalue weighted by atomic mass is 16.4. The lowest BCUT2D eigenvalue weighted by Crippen LogP contribution is -2.43. The van der Waals surface area contributed by atoms with Crippen molar-refractivity contribution >= 4 is 11.9 Å². The van der Waals surface area contributed by atoms with Gasteiger partial charge < -0.3 is 14.8 Å². The summed E-state index contributed by atoms with van der Waals surface area (Å²) in [6.07, 6.45) is 1.10. The number of amides is 1. The van der Waals surface area contributed by atoms with E-state index < -0.39 is 11.5 Å². The van der Waals surface area contributed by atoms with E-state index >= 15 is 0 Å². The van der Waals surface area contributed by atoms with Gasteiger partial charge in [-0.05, 0) is 31.9 Å². The maximum atomic E-state index is 11.5. The van der Waals surface area contributed by atoms with Gasteiger partial charge in [0.25, 0.3) is 0 Å². The maximum Gasteiger partial charge on any atom is 0.329 e. The molecular formula is C11H13NO4. The molecule has 0 radical (unpaired) electrons. The van der Waals surface area contributed by atoms with Gasteiger partial charge in [0, 0.05) is 0 Å². The molecule has 0 bridgehead atoms. The average molecular weight is 223 g/mol. The second kappa shape index (κ2) is 3.66. The Balaban J connectivity index is 1.92. The van der Waals surface area contributed by atoms with Crippen LogP contribution in [-0.2, 0) is 16.0 Å². The number of carbonyl (C=O) groups excluding carboxylic acids is 1. The van der Waals surface area contributed by atoms with Crippen molar-refractivity contribution < 1.29 is 19.1 Å². The van der Waals surface area contributed by atoms with Crippen molar-refractivity contribution in [1.82, 2.24) is 5.32 Å². The van der Waals surface area contributed by atoms with Crippen molar-refractivity contribution in [3.05, 3.63) is 23.7 Å². The van der Waals surface area contributed by atoms with Gasteiger partial charge in [-0.3, -0.25) is 4.79 Å². The van der Waals surface area contributed by atoms with Gasteiger partial charge in [-0.15, -0.1) is 0 Å². The third-order valence-electron chi connectivity index (χ3n) is 2.67. The fraction of sp³-hybridized carbons (Fsp3) is 0.455. The van der Waals surface area contributed by atoms with Gasteiger partial charge in [0.2, 0.25) is 5.91 Å². The number of carboxylic acid groups (broad SMARTS) is 1. The highest BCUT2D eigenvalue weighted by molar-refractivity contribution is 5.90. The highest BCUT2D eigenvalue weighted by Crippen LogP contribution is 2.35. The van der Waals surface area contributed by atoms with Crippen molar-refractivity contribution in [2.24, 2.45) is 0 Å². The van der Waals surface area contributed by atoms with Gasteiger partial charge in [-0.1, -0.05) is 0 Å². The summed E-state index contributed by atoms with van der Waals surface area (Å²) in [5.74, 6) is 0.0177. The van der Waals surface area contributed by atoms with E-state index in [1.165, 1.54) is 0 Å². The summed E-state index contributed by atoms with van der Waals surface area (Å²) >= 11 is 0. The molecule has 16 heavy (non-hydrogen) atoms. The number of hydrogen-bond acceptors (Lipinski definition) is 3. The first-order valence-electron chi connectivity index (χ1n) is 5.12. The number of nitrogens with one attached hydrogen (secondary N) is 1. The first-order chi connectivity index (χ1) is 7.52. The van der Waals surface area contributed by atoms with Gasteiger partial charge in [-0.2, -0.15) is 0 Å². The summed E-state index contributed by atoms with van der Waals surface area (Å²) in [6.45, 7) is 1.79. The number of aliphatic carboxylic acids is 1. The Morgan fingerprint density at radius 1 is 1.50 bits per heavy atom. The molecule has 5 heteroatoms. The molecule has 1 aliphatic rings. The average Bonchev–Trinajstić information content (AvgIpc) is 2.85. The SMILES string of the molecule is Cc1ccc(CC(=O)NC2(C(=O)O)CC2)o1. The summed E-state index contributed by atoms with van der Waals surface area (Å²) in [6, 6.07) is 3.49. The Morgan fingerprint density at radius 2 is 2.19 bits per heavy atom. The molecule has 0 atom stereocenters. The van der Waals surface area contributed by atoms with Gasteiger partial charge in [0.05, 0.1) is 6.42 Å². The first kappa shape index (κ1) is 10.7. The minimum atomic E-state index is -1.02. The summed E-state index contributed by atoms with van der Waals surface area (Å²) in [5, 5.41) is 11.4. The molecule has 0 aromatic carbocycles. The second-order valence-electron chi connectivity index (χ2n) is 4.12. The van der Waals surface area contributed by atoms with Crippen LogP contribution in [-0.4, -0.2) is 22.5 Å². The molecular weight excluding hydrogens is 210 g/mol. The molecule has 2 rings (SSSR count). The molecule has 0 spiro atoms. The smallest absolute Gasteiger partial charge is 0.329 e. The van der Waals surface area contributed by atoms with E-state index in [0.29, 0.717) is 18.6 Å². The molecule has 5 nitrogen and oxygen atoms in total. The van der Waals surface area contributed by atoms with Crippen LogP contribution in [0.5, 0.6) is 0 Å². The Bertz CT molecular complexity index is 431. The number of carbonyl (C=O) groups is 2. The van der Waals surface area contributed by atoms with E-state index in [9.17, 15) is 9.59 Å². The molecule has 86 valence electrons. The van der Waals surface area contributed by atoms with Crippen molar-refractivity contribution in [3.8, 4) is 0 Å². The van der Waals surface area contributed by atoms with E-state index in [4.69, 9.17) is 9.52 Å². The van der Waals surface area contributed by atoms with Gasteiger partial charge in [0.1, 0.15) is 17.1 Å². The van der Waals surface area contributed by atoms with Crippen LogP contribution in [0.3, 0.4) is 0 Å². The molecule has 1 heterocycles. The van der Waals surface area contributed by atoms with Crippen LogP contribution in [0, 0.1) is 6.92 Å². The summed E-state index contributed by atoms with van der Waals surface area (Å²) < 4.78 is 5.24. The zero-order valence-corrected chi connectivity index (χ0v) is 8.95. The van der Waals surface area contributed by atoms with Crippen LogP contribution < -0.4 is 5.32 Å². The topological polar surface area (TPSA) is 79.5 Å². The lowest BCUT2D eigenvalue weighted by atomic mass is 10.2. The predicted molar refractivity (Wildman–Crippen MR) is 54.9 cm³/mol.